The molecule has 0 N–H and O–H groups in total. The lowest BCUT2D eigenvalue weighted by atomic mass is 9.95. The van der Waals surface area contributed by atoms with Crippen molar-refractivity contribution in [2.24, 2.45) is 23.7 Å². The predicted molar refractivity (Wildman–Crippen MR) is 289 cm³/mol. The molecule has 0 unspecified atom stereocenters. The summed E-state index contributed by atoms with van der Waals surface area (Å²) in [7, 11) is 0. The van der Waals surface area contributed by atoms with Gasteiger partial charge < -0.3 is 8.83 Å². The fraction of sp³-hybridized carbons (Fsp3) is 0.250. The summed E-state index contributed by atoms with van der Waals surface area (Å²) in [5, 5.41) is 0. The van der Waals surface area contributed by atoms with Gasteiger partial charge in [-0.3, -0.25) is 4.98 Å². The Morgan fingerprint density at radius 3 is 1.14 bits per heavy atom. The lowest BCUT2D eigenvalue weighted by molar-refractivity contribution is 0.598. The summed E-state index contributed by atoms with van der Waals surface area (Å²) in [6.07, 6.45) is 5.66. The summed E-state index contributed by atoms with van der Waals surface area (Å²) in [4.78, 5) is 20.1. The van der Waals surface area contributed by atoms with E-state index in [-0.39, 0.29) is 0 Å². The Morgan fingerprint density at radius 2 is 0.729 bits per heavy atom. The van der Waals surface area contributed by atoms with Crippen LogP contribution in [0.25, 0.3) is 101 Å². The van der Waals surface area contributed by atoms with Gasteiger partial charge in [0, 0.05) is 28.5 Å². The minimum absolute atomic E-state index is 0.522. The number of oxazole rings is 2. The molecule has 0 saturated carbocycles. The van der Waals surface area contributed by atoms with Gasteiger partial charge in [0.2, 0.25) is 11.8 Å². The first-order valence-corrected chi connectivity index (χ1v) is 25.1. The Bertz CT molecular complexity index is 3300. The molecule has 4 aromatic heterocycles. The maximum Gasteiger partial charge on any atom is 0.227 e. The molecule has 0 spiro atoms. The van der Waals surface area contributed by atoms with Crippen LogP contribution >= 0.6 is 0 Å². The van der Waals surface area contributed by atoms with E-state index >= 15 is 0 Å². The molecule has 10 aromatic rings. The summed E-state index contributed by atoms with van der Waals surface area (Å²) in [6.45, 7) is 18.0. The number of nitrogens with zero attached hydrogens (tertiary/aromatic N) is 4. The van der Waals surface area contributed by atoms with E-state index in [0.717, 1.165) is 115 Å². The van der Waals surface area contributed by atoms with Crippen LogP contribution < -0.4 is 0 Å². The fourth-order valence-corrected chi connectivity index (χ4v) is 9.72. The highest BCUT2D eigenvalue weighted by Crippen LogP contribution is 2.38. The summed E-state index contributed by atoms with van der Waals surface area (Å²) in [5.41, 5.74) is 20.9. The maximum atomic E-state index is 6.56. The second kappa shape index (κ2) is 19.9. The van der Waals surface area contributed by atoms with E-state index in [1.165, 1.54) is 22.3 Å². The van der Waals surface area contributed by atoms with Crippen LogP contribution in [-0.4, -0.2) is 19.9 Å². The molecule has 0 saturated heterocycles. The van der Waals surface area contributed by atoms with Crippen LogP contribution in [0, 0.1) is 23.7 Å². The minimum Gasteiger partial charge on any atom is -0.436 e. The third kappa shape index (κ3) is 9.87. The van der Waals surface area contributed by atoms with Gasteiger partial charge in [-0.1, -0.05) is 159 Å². The number of pyridine rings is 2. The van der Waals surface area contributed by atoms with Crippen LogP contribution in [0.4, 0.5) is 0 Å². The van der Waals surface area contributed by atoms with Crippen LogP contribution in [0.15, 0.2) is 167 Å². The van der Waals surface area contributed by atoms with E-state index in [1.54, 1.807) is 0 Å². The van der Waals surface area contributed by atoms with E-state index in [9.17, 15) is 0 Å². The number of aromatic nitrogens is 4. The van der Waals surface area contributed by atoms with Gasteiger partial charge >= 0.3 is 0 Å². The topological polar surface area (TPSA) is 77.8 Å². The predicted octanol–water partition coefficient (Wildman–Crippen LogP) is 17.2. The molecule has 0 aliphatic heterocycles. The molecule has 0 radical (unpaired) electrons. The van der Waals surface area contributed by atoms with Gasteiger partial charge in [-0.05, 0) is 148 Å². The smallest absolute Gasteiger partial charge is 0.227 e. The van der Waals surface area contributed by atoms with E-state index in [0.29, 0.717) is 35.5 Å². The molecular weight excluding hydrogens is 857 g/mol. The molecule has 0 fully saturated rings. The van der Waals surface area contributed by atoms with Crippen LogP contribution in [0.1, 0.15) is 77.6 Å². The Kier molecular flexibility index (Phi) is 13.2. The van der Waals surface area contributed by atoms with Crippen molar-refractivity contribution in [1.82, 2.24) is 19.9 Å². The molecular formula is C64H62N4O2. The van der Waals surface area contributed by atoms with Gasteiger partial charge in [0.25, 0.3) is 0 Å². The Labute approximate surface area is 413 Å². The Morgan fingerprint density at radius 1 is 0.343 bits per heavy atom. The van der Waals surface area contributed by atoms with Gasteiger partial charge in [0.15, 0.2) is 11.2 Å². The molecule has 10 rings (SSSR count). The lowest BCUT2D eigenvalue weighted by Gasteiger charge is -2.13. The fourth-order valence-electron chi connectivity index (χ4n) is 9.72. The number of benzene rings is 6. The van der Waals surface area contributed by atoms with Crippen molar-refractivity contribution >= 4 is 22.2 Å². The highest BCUT2D eigenvalue weighted by atomic mass is 16.4. The molecule has 0 amide bonds. The van der Waals surface area contributed by atoms with Crippen molar-refractivity contribution < 1.29 is 8.83 Å². The quantitative estimate of drug-likeness (QED) is 0.102. The van der Waals surface area contributed by atoms with Gasteiger partial charge in [-0.25, -0.2) is 15.0 Å². The third-order valence-corrected chi connectivity index (χ3v) is 13.0. The van der Waals surface area contributed by atoms with E-state index in [1.807, 2.05) is 24.4 Å². The van der Waals surface area contributed by atoms with Crippen LogP contribution in [0.5, 0.6) is 0 Å². The van der Waals surface area contributed by atoms with Gasteiger partial charge in [0.1, 0.15) is 11.0 Å². The summed E-state index contributed by atoms with van der Waals surface area (Å²) in [5.74, 6) is 3.44. The first-order valence-electron chi connectivity index (χ1n) is 25.1. The maximum absolute atomic E-state index is 6.56. The molecule has 0 bridgehead atoms. The zero-order chi connectivity index (χ0) is 48.5. The largest absolute Gasteiger partial charge is 0.436 e. The number of fused-ring (bicyclic) bond motifs is 2. The van der Waals surface area contributed by atoms with Gasteiger partial charge in [-0.2, -0.15) is 0 Å². The summed E-state index contributed by atoms with van der Waals surface area (Å²) in [6, 6.07) is 53.8. The molecule has 6 aromatic carbocycles. The third-order valence-electron chi connectivity index (χ3n) is 13.0. The second-order valence-corrected chi connectivity index (χ2v) is 20.7. The van der Waals surface area contributed by atoms with Gasteiger partial charge in [0.05, 0.1) is 17.1 Å². The zero-order valence-electron chi connectivity index (χ0n) is 41.8. The number of hydrogen-bond donors (Lipinski definition) is 0. The Balaban J connectivity index is 0.917. The zero-order valence-corrected chi connectivity index (χ0v) is 41.8. The first kappa shape index (κ1) is 46.3. The van der Waals surface area contributed by atoms with Crippen molar-refractivity contribution in [2.45, 2.75) is 81.1 Å². The van der Waals surface area contributed by atoms with Crippen LogP contribution in [-0.2, 0) is 25.7 Å². The monoisotopic (exact) mass is 918 g/mol. The molecule has 0 atom stereocenters. The molecule has 70 heavy (non-hydrogen) atoms. The highest BCUT2D eigenvalue weighted by molar-refractivity contribution is 5.87. The van der Waals surface area contributed by atoms with Crippen LogP contribution in [0.2, 0.25) is 0 Å². The second-order valence-electron chi connectivity index (χ2n) is 20.7. The van der Waals surface area contributed by atoms with Crippen molar-refractivity contribution in [3.63, 3.8) is 0 Å². The summed E-state index contributed by atoms with van der Waals surface area (Å²) < 4.78 is 13.1. The van der Waals surface area contributed by atoms with E-state index in [4.69, 9.17) is 23.8 Å². The normalized spacial score (nSPS) is 11.9. The SMILES string of the molecule is CC(C)Cc1ccc(CC(C)C)c2oc(-c3ccc(-c4ccc(-c5ccc(-c6ccccn6)nc5-c5ccc(-c6ccc(-c7nc8c(CC(C)C)ccc(CC(C)C)c8o7)cc6)cc5)cc4)cc3)nc12. The average molecular weight is 919 g/mol. The van der Waals surface area contributed by atoms with Crippen molar-refractivity contribution in [2.75, 3.05) is 0 Å². The standard InChI is InChI=1S/C64H62N4O2/c1-39(2)35-51-28-30-53(37-41(5)6)61-59(51)67-63(69-61)49-24-16-45(17-25-49)43-12-20-47(21-13-43)55-32-33-57(56-11-9-10-34-65-56)66-58(55)48-22-14-44(15-23-48)46-18-26-50(27-19-46)64-68-60-52(36-40(3)4)29-31-54(38-42(7)8)62(60)70-64/h9-34,39-42H,35-38H2,1-8H3. The van der Waals surface area contributed by atoms with Crippen molar-refractivity contribution in [3.05, 3.63) is 180 Å². The molecule has 350 valence electrons. The molecule has 0 aliphatic rings. The van der Waals surface area contributed by atoms with Gasteiger partial charge in [-0.15, -0.1) is 0 Å². The number of rotatable bonds is 15. The number of hydrogen-bond acceptors (Lipinski definition) is 6. The van der Waals surface area contributed by atoms with Crippen molar-refractivity contribution in [1.29, 1.82) is 0 Å². The van der Waals surface area contributed by atoms with E-state index in [2.05, 4.69) is 194 Å². The molecule has 6 heteroatoms. The summed E-state index contributed by atoms with van der Waals surface area (Å²) >= 11 is 0. The lowest BCUT2D eigenvalue weighted by Crippen LogP contribution is -1.99. The Hall–Kier alpha value is -7.44. The molecule has 6 nitrogen and oxygen atoms in total. The minimum atomic E-state index is 0.522. The highest BCUT2D eigenvalue weighted by Gasteiger charge is 2.20. The van der Waals surface area contributed by atoms with E-state index < -0.39 is 0 Å². The van der Waals surface area contributed by atoms with Crippen molar-refractivity contribution in [3.8, 4) is 78.9 Å². The van der Waals surface area contributed by atoms with Crippen LogP contribution in [0.3, 0.4) is 0 Å². The molecule has 0 aliphatic carbocycles. The first-order chi connectivity index (χ1) is 33.9. The average Bonchev–Trinajstić information content (AvgIpc) is 4.03. The molecule has 4 heterocycles.